The van der Waals surface area contributed by atoms with Crippen LogP contribution in [0.15, 0.2) is 73.1 Å². The van der Waals surface area contributed by atoms with E-state index in [0.717, 1.165) is 45.3 Å². The van der Waals surface area contributed by atoms with Crippen LogP contribution < -0.4 is 0 Å². The third kappa shape index (κ3) is 3.76. The summed E-state index contributed by atoms with van der Waals surface area (Å²) in [4.78, 5) is 16.1. The molecule has 0 atom stereocenters. The fraction of sp³-hybridized carbons (Fsp3) is 0.143. The standard InChI is InChI=1S/C28H26N4/c1-17-5-7-23(13-19(17)3)25-15-29-27(31-25)21-9-11-22(12-10-21)28-30-16-26(32-28)24-8-6-18(2)20(4)14-24/h5-16H,1-4H3,(H,29,31)(H,30,32). The van der Waals surface area contributed by atoms with Crippen LogP contribution in [0.2, 0.25) is 0 Å². The van der Waals surface area contributed by atoms with E-state index >= 15 is 0 Å². The summed E-state index contributed by atoms with van der Waals surface area (Å²) in [5, 5.41) is 0. The van der Waals surface area contributed by atoms with Gasteiger partial charge in [0, 0.05) is 11.1 Å². The maximum absolute atomic E-state index is 4.60. The topological polar surface area (TPSA) is 57.4 Å². The third-order valence-corrected chi connectivity index (χ3v) is 6.22. The van der Waals surface area contributed by atoms with Crippen molar-refractivity contribution in [2.24, 2.45) is 0 Å². The summed E-state index contributed by atoms with van der Waals surface area (Å²) in [5.41, 5.74) is 11.6. The van der Waals surface area contributed by atoms with Crippen molar-refractivity contribution >= 4 is 0 Å². The molecule has 0 unspecified atom stereocenters. The summed E-state index contributed by atoms with van der Waals surface area (Å²) in [6.45, 7) is 8.52. The lowest BCUT2D eigenvalue weighted by Crippen LogP contribution is -1.86. The molecule has 0 radical (unpaired) electrons. The molecule has 158 valence electrons. The first-order valence-electron chi connectivity index (χ1n) is 10.8. The second-order valence-corrected chi connectivity index (χ2v) is 8.47. The van der Waals surface area contributed by atoms with Crippen molar-refractivity contribution < 1.29 is 0 Å². The van der Waals surface area contributed by atoms with Gasteiger partial charge in [0.15, 0.2) is 0 Å². The van der Waals surface area contributed by atoms with Crippen molar-refractivity contribution in [2.75, 3.05) is 0 Å². The molecule has 2 N–H and O–H groups in total. The highest BCUT2D eigenvalue weighted by atomic mass is 14.9. The number of imidazole rings is 2. The van der Waals surface area contributed by atoms with Crippen molar-refractivity contribution in [3.8, 4) is 45.3 Å². The maximum Gasteiger partial charge on any atom is 0.137 e. The van der Waals surface area contributed by atoms with Crippen molar-refractivity contribution in [3.63, 3.8) is 0 Å². The lowest BCUT2D eigenvalue weighted by molar-refractivity contribution is 1.29. The molecule has 0 aliphatic rings. The Hall–Kier alpha value is -3.92. The molecule has 5 aromatic rings. The number of nitrogens with zero attached hydrogens (tertiary/aromatic N) is 2. The number of aromatic nitrogens is 4. The molecule has 0 bridgehead atoms. The Labute approximate surface area is 188 Å². The van der Waals surface area contributed by atoms with Gasteiger partial charge in [0.1, 0.15) is 11.6 Å². The van der Waals surface area contributed by atoms with Gasteiger partial charge >= 0.3 is 0 Å². The first-order valence-corrected chi connectivity index (χ1v) is 10.8. The van der Waals surface area contributed by atoms with Gasteiger partial charge in [-0.25, -0.2) is 9.97 Å². The van der Waals surface area contributed by atoms with E-state index < -0.39 is 0 Å². The molecule has 0 aliphatic carbocycles. The zero-order valence-electron chi connectivity index (χ0n) is 18.8. The smallest absolute Gasteiger partial charge is 0.137 e. The van der Waals surface area contributed by atoms with Crippen molar-refractivity contribution in [2.45, 2.75) is 27.7 Å². The summed E-state index contributed by atoms with van der Waals surface area (Å²) in [5.74, 6) is 1.72. The molecule has 0 spiro atoms. The minimum Gasteiger partial charge on any atom is -0.338 e. The first-order chi connectivity index (χ1) is 15.5. The molecule has 5 rings (SSSR count). The number of nitrogens with one attached hydrogen (secondary N) is 2. The molecule has 0 amide bonds. The zero-order chi connectivity index (χ0) is 22.2. The van der Waals surface area contributed by atoms with Crippen LogP contribution >= 0.6 is 0 Å². The van der Waals surface area contributed by atoms with Gasteiger partial charge in [-0.15, -0.1) is 0 Å². The molecule has 3 aromatic carbocycles. The number of aryl methyl sites for hydroxylation is 4. The van der Waals surface area contributed by atoms with E-state index in [1.54, 1.807) is 0 Å². The van der Waals surface area contributed by atoms with E-state index in [1.807, 2.05) is 12.4 Å². The molecular formula is C28H26N4. The highest BCUT2D eigenvalue weighted by molar-refractivity contribution is 5.69. The van der Waals surface area contributed by atoms with Crippen LogP contribution in [0.4, 0.5) is 0 Å². The predicted octanol–water partition coefficient (Wildman–Crippen LogP) is 7.03. The summed E-state index contributed by atoms with van der Waals surface area (Å²) in [6, 6.07) is 21.3. The average Bonchev–Trinajstić information content (AvgIpc) is 3.48. The second kappa shape index (κ2) is 7.97. The number of hydrogen-bond acceptors (Lipinski definition) is 2. The number of H-pyrrole nitrogens is 2. The number of aromatic amines is 2. The lowest BCUT2D eigenvalue weighted by atomic mass is 10.0. The SMILES string of the molecule is Cc1ccc(-c2cnc(-c3ccc(-c4ncc(-c5ccc(C)c(C)c5)[nH]4)cc3)[nH]2)cc1C. The Bertz CT molecular complexity index is 1300. The molecular weight excluding hydrogens is 392 g/mol. The molecule has 0 fully saturated rings. The molecule has 32 heavy (non-hydrogen) atoms. The maximum atomic E-state index is 4.60. The van der Waals surface area contributed by atoms with Crippen LogP contribution in [0.5, 0.6) is 0 Å². The van der Waals surface area contributed by atoms with Crippen molar-refractivity contribution in [3.05, 3.63) is 95.3 Å². The Kier molecular flexibility index (Phi) is 4.98. The van der Waals surface area contributed by atoms with Gasteiger partial charge in [-0.1, -0.05) is 48.5 Å². The van der Waals surface area contributed by atoms with Crippen LogP contribution in [0, 0.1) is 27.7 Å². The van der Waals surface area contributed by atoms with E-state index in [2.05, 4.69) is 108 Å². The normalized spacial score (nSPS) is 11.1. The third-order valence-electron chi connectivity index (χ3n) is 6.22. The molecule has 0 saturated heterocycles. The summed E-state index contributed by atoms with van der Waals surface area (Å²) in [7, 11) is 0. The Morgan fingerprint density at radius 2 is 0.844 bits per heavy atom. The van der Waals surface area contributed by atoms with Gasteiger partial charge in [0.25, 0.3) is 0 Å². The van der Waals surface area contributed by atoms with Crippen molar-refractivity contribution in [1.29, 1.82) is 0 Å². The fourth-order valence-corrected chi connectivity index (χ4v) is 3.83. The molecule has 0 saturated carbocycles. The van der Waals surface area contributed by atoms with Crippen molar-refractivity contribution in [1.82, 2.24) is 19.9 Å². The highest BCUT2D eigenvalue weighted by Crippen LogP contribution is 2.27. The largest absolute Gasteiger partial charge is 0.338 e. The first kappa shape index (κ1) is 20.0. The van der Waals surface area contributed by atoms with Gasteiger partial charge in [0.2, 0.25) is 0 Å². The van der Waals surface area contributed by atoms with E-state index in [9.17, 15) is 0 Å². The van der Waals surface area contributed by atoms with Gasteiger partial charge in [-0.3, -0.25) is 0 Å². The van der Waals surface area contributed by atoms with Gasteiger partial charge in [0.05, 0.1) is 23.8 Å². The van der Waals surface area contributed by atoms with E-state index in [-0.39, 0.29) is 0 Å². The molecule has 2 aromatic heterocycles. The second-order valence-electron chi connectivity index (χ2n) is 8.47. The molecule has 2 heterocycles. The van der Waals surface area contributed by atoms with Crippen LogP contribution in [0.1, 0.15) is 22.3 Å². The monoisotopic (exact) mass is 418 g/mol. The lowest BCUT2D eigenvalue weighted by Gasteiger charge is -2.04. The Balaban J connectivity index is 1.38. The van der Waals surface area contributed by atoms with Crippen LogP contribution in [0.3, 0.4) is 0 Å². The molecule has 4 heteroatoms. The van der Waals surface area contributed by atoms with E-state index in [0.29, 0.717) is 0 Å². The van der Waals surface area contributed by atoms with E-state index in [4.69, 9.17) is 0 Å². The van der Waals surface area contributed by atoms with Crippen LogP contribution in [0.25, 0.3) is 45.3 Å². The van der Waals surface area contributed by atoms with E-state index in [1.165, 1.54) is 22.3 Å². The van der Waals surface area contributed by atoms with Crippen LogP contribution in [-0.2, 0) is 0 Å². The Morgan fingerprint density at radius 1 is 0.469 bits per heavy atom. The van der Waals surface area contributed by atoms with Gasteiger partial charge in [-0.2, -0.15) is 0 Å². The van der Waals surface area contributed by atoms with Crippen LogP contribution in [-0.4, -0.2) is 19.9 Å². The predicted molar refractivity (Wildman–Crippen MR) is 131 cm³/mol. The average molecular weight is 419 g/mol. The van der Waals surface area contributed by atoms with Gasteiger partial charge in [-0.05, 0) is 73.2 Å². The summed E-state index contributed by atoms with van der Waals surface area (Å²) in [6.07, 6.45) is 3.80. The minimum atomic E-state index is 0.861. The highest BCUT2D eigenvalue weighted by Gasteiger charge is 2.09. The zero-order valence-corrected chi connectivity index (χ0v) is 18.8. The Morgan fingerprint density at radius 3 is 1.22 bits per heavy atom. The number of benzene rings is 3. The quantitative estimate of drug-likeness (QED) is 0.329. The summed E-state index contributed by atoms with van der Waals surface area (Å²) >= 11 is 0. The summed E-state index contributed by atoms with van der Waals surface area (Å²) < 4.78 is 0. The fourth-order valence-electron chi connectivity index (χ4n) is 3.83. The molecule has 0 aliphatic heterocycles. The number of rotatable bonds is 4. The van der Waals surface area contributed by atoms with Gasteiger partial charge < -0.3 is 9.97 Å². The number of hydrogen-bond donors (Lipinski definition) is 2. The molecule has 4 nitrogen and oxygen atoms in total. The minimum absolute atomic E-state index is 0.861.